The zero-order valence-corrected chi connectivity index (χ0v) is 12.0. The van der Waals surface area contributed by atoms with Crippen molar-refractivity contribution < 1.29 is 14.6 Å². The van der Waals surface area contributed by atoms with Crippen LogP contribution in [0.4, 0.5) is 0 Å². The van der Waals surface area contributed by atoms with Gasteiger partial charge >= 0.3 is 0 Å². The highest BCUT2D eigenvalue weighted by Crippen LogP contribution is 2.21. The van der Waals surface area contributed by atoms with Crippen LogP contribution in [0.3, 0.4) is 0 Å². The third-order valence-electron chi connectivity index (χ3n) is 3.64. The Kier molecular flexibility index (Phi) is 5.36. The maximum absolute atomic E-state index is 12.0. The van der Waals surface area contributed by atoms with Crippen molar-refractivity contribution in [3.63, 3.8) is 0 Å². The molecule has 4 nitrogen and oxygen atoms in total. The molecule has 1 heterocycles. The minimum Gasteiger partial charge on any atom is -0.388 e. The summed E-state index contributed by atoms with van der Waals surface area (Å²) in [6.07, 6.45) is 3.31. The van der Waals surface area contributed by atoms with Crippen LogP contribution in [0, 0.1) is 0 Å². The standard InChI is InChI=1S/C14H21NO3S/c1-18-12-5-3-2-4-11(14(12)17)15-13(16)8-10-6-7-19-9-10/h6-7,9,11-12,14,17H,2-5,8H2,1H3,(H,15,16)/t11-,12-,14-/m1/s1. The average molecular weight is 283 g/mol. The third kappa shape index (κ3) is 4.03. The minimum atomic E-state index is -0.612. The van der Waals surface area contributed by atoms with Crippen LogP contribution in [0.25, 0.3) is 0 Å². The minimum absolute atomic E-state index is 0.0285. The summed E-state index contributed by atoms with van der Waals surface area (Å²) in [4.78, 5) is 12.0. The van der Waals surface area contributed by atoms with Gasteiger partial charge in [-0.15, -0.1) is 0 Å². The van der Waals surface area contributed by atoms with E-state index in [-0.39, 0.29) is 18.1 Å². The van der Waals surface area contributed by atoms with E-state index in [0.717, 1.165) is 31.2 Å². The number of carbonyl (C=O) groups excluding carboxylic acids is 1. The quantitative estimate of drug-likeness (QED) is 0.827. The molecule has 0 radical (unpaired) electrons. The lowest BCUT2D eigenvalue weighted by molar-refractivity contribution is -0.123. The van der Waals surface area contributed by atoms with Crippen molar-refractivity contribution in [3.05, 3.63) is 22.4 Å². The fraction of sp³-hybridized carbons (Fsp3) is 0.643. The van der Waals surface area contributed by atoms with Crippen molar-refractivity contribution in [2.45, 2.75) is 50.4 Å². The van der Waals surface area contributed by atoms with Gasteiger partial charge < -0.3 is 15.2 Å². The monoisotopic (exact) mass is 283 g/mol. The fourth-order valence-electron chi connectivity index (χ4n) is 2.56. The molecular formula is C14H21NO3S. The molecule has 1 aliphatic carbocycles. The number of methoxy groups -OCH3 is 1. The highest BCUT2D eigenvalue weighted by molar-refractivity contribution is 7.07. The largest absolute Gasteiger partial charge is 0.388 e. The highest BCUT2D eigenvalue weighted by Gasteiger charge is 2.30. The molecular weight excluding hydrogens is 262 g/mol. The number of amides is 1. The number of nitrogens with one attached hydrogen (secondary N) is 1. The summed E-state index contributed by atoms with van der Waals surface area (Å²) in [5, 5.41) is 17.1. The van der Waals surface area contributed by atoms with Gasteiger partial charge in [-0.3, -0.25) is 4.79 Å². The van der Waals surface area contributed by atoms with Gasteiger partial charge in [-0.25, -0.2) is 0 Å². The van der Waals surface area contributed by atoms with E-state index in [4.69, 9.17) is 4.74 Å². The van der Waals surface area contributed by atoms with Crippen molar-refractivity contribution in [1.29, 1.82) is 0 Å². The van der Waals surface area contributed by atoms with Gasteiger partial charge in [0.05, 0.1) is 18.6 Å². The first kappa shape index (κ1) is 14.5. The van der Waals surface area contributed by atoms with Crippen LogP contribution in [0.2, 0.25) is 0 Å². The van der Waals surface area contributed by atoms with Gasteiger partial charge in [0.15, 0.2) is 0 Å². The number of hydrogen-bond donors (Lipinski definition) is 2. The lowest BCUT2D eigenvalue weighted by Gasteiger charge is -2.27. The summed E-state index contributed by atoms with van der Waals surface area (Å²) in [7, 11) is 1.61. The van der Waals surface area contributed by atoms with Gasteiger partial charge in [-0.05, 0) is 35.2 Å². The number of rotatable bonds is 4. The molecule has 1 aromatic rings. The van der Waals surface area contributed by atoms with E-state index in [1.807, 2.05) is 16.8 Å². The molecule has 5 heteroatoms. The smallest absolute Gasteiger partial charge is 0.224 e. The Morgan fingerprint density at radius 1 is 1.53 bits per heavy atom. The highest BCUT2D eigenvalue weighted by atomic mass is 32.1. The maximum Gasteiger partial charge on any atom is 0.224 e. The molecule has 0 aliphatic heterocycles. The Balaban J connectivity index is 1.90. The molecule has 0 aromatic carbocycles. The first-order valence-corrected chi connectivity index (χ1v) is 7.66. The summed E-state index contributed by atoms with van der Waals surface area (Å²) >= 11 is 1.59. The van der Waals surface area contributed by atoms with E-state index < -0.39 is 6.10 Å². The average Bonchev–Trinajstić information content (AvgIpc) is 2.83. The van der Waals surface area contributed by atoms with Crippen LogP contribution in [-0.2, 0) is 16.0 Å². The van der Waals surface area contributed by atoms with E-state index in [1.165, 1.54) is 0 Å². The summed E-state index contributed by atoms with van der Waals surface area (Å²) in [5.74, 6) is -0.0285. The summed E-state index contributed by atoms with van der Waals surface area (Å²) in [5.41, 5.74) is 1.02. The predicted octanol–water partition coefficient (Wildman–Crippen LogP) is 1.73. The maximum atomic E-state index is 12.0. The molecule has 2 rings (SSSR count). The molecule has 0 saturated heterocycles. The Labute approximate surface area is 117 Å². The van der Waals surface area contributed by atoms with E-state index in [0.29, 0.717) is 6.42 Å². The van der Waals surface area contributed by atoms with Crippen molar-refractivity contribution in [2.24, 2.45) is 0 Å². The van der Waals surface area contributed by atoms with E-state index in [2.05, 4.69) is 5.32 Å². The van der Waals surface area contributed by atoms with Crippen molar-refractivity contribution in [1.82, 2.24) is 5.32 Å². The number of ether oxygens (including phenoxy) is 1. The van der Waals surface area contributed by atoms with Crippen molar-refractivity contribution in [3.8, 4) is 0 Å². The number of aliphatic hydroxyl groups is 1. The van der Waals surface area contributed by atoms with Gasteiger partial charge in [-0.2, -0.15) is 11.3 Å². The summed E-state index contributed by atoms with van der Waals surface area (Å²) in [6.45, 7) is 0. The second kappa shape index (κ2) is 7.03. The van der Waals surface area contributed by atoms with Crippen LogP contribution >= 0.6 is 11.3 Å². The zero-order valence-electron chi connectivity index (χ0n) is 11.2. The molecule has 1 fully saturated rings. The number of thiophene rings is 1. The number of carbonyl (C=O) groups is 1. The second-order valence-corrected chi connectivity index (χ2v) is 5.81. The second-order valence-electron chi connectivity index (χ2n) is 5.03. The van der Waals surface area contributed by atoms with Crippen LogP contribution in [0.5, 0.6) is 0 Å². The Hall–Kier alpha value is -0.910. The molecule has 0 spiro atoms. The molecule has 2 N–H and O–H groups in total. The Bertz CT molecular complexity index is 393. The van der Waals surface area contributed by atoms with Gasteiger partial charge in [0.2, 0.25) is 5.91 Å². The molecule has 1 aromatic heterocycles. The Morgan fingerprint density at radius 3 is 3.00 bits per heavy atom. The third-order valence-corrected chi connectivity index (χ3v) is 4.37. The van der Waals surface area contributed by atoms with Crippen molar-refractivity contribution >= 4 is 17.2 Å². The van der Waals surface area contributed by atoms with E-state index in [1.54, 1.807) is 18.4 Å². The van der Waals surface area contributed by atoms with E-state index in [9.17, 15) is 9.90 Å². The molecule has 1 saturated carbocycles. The molecule has 0 bridgehead atoms. The van der Waals surface area contributed by atoms with Crippen LogP contribution in [-0.4, -0.2) is 36.4 Å². The van der Waals surface area contributed by atoms with E-state index >= 15 is 0 Å². The number of hydrogen-bond acceptors (Lipinski definition) is 4. The molecule has 1 amide bonds. The lowest BCUT2D eigenvalue weighted by atomic mass is 10.0. The lowest BCUT2D eigenvalue weighted by Crippen LogP contribution is -2.48. The molecule has 106 valence electrons. The molecule has 0 unspecified atom stereocenters. The Morgan fingerprint density at radius 2 is 2.32 bits per heavy atom. The molecule has 1 aliphatic rings. The SMILES string of the molecule is CO[C@@H]1CCCC[C@@H](NC(=O)Cc2ccsc2)[C@H]1O. The first-order chi connectivity index (χ1) is 9.20. The molecule has 19 heavy (non-hydrogen) atoms. The van der Waals surface area contributed by atoms with Crippen molar-refractivity contribution in [2.75, 3.05) is 7.11 Å². The molecule has 3 atom stereocenters. The van der Waals surface area contributed by atoms with Crippen LogP contribution in [0.15, 0.2) is 16.8 Å². The normalized spacial score (nSPS) is 27.8. The topological polar surface area (TPSA) is 58.6 Å². The predicted molar refractivity (Wildman–Crippen MR) is 75.2 cm³/mol. The van der Waals surface area contributed by atoms with Crippen LogP contribution in [0.1, 0.15) is 31.2 Å². The number of aliphatic hydroxyl groups excluding tert-OH is 1. The zero-order chi connectivity index (χ0) is 13.7. The van der Waals surface area contributed by atoms with Gasteiger partial charge in [-0.1, -0.05) is 12.8 Å². The summed E-state index contributed by atoms with van der Waals surface area (Å²) < 4.78 is 5.30. The summed E-state index contributed by atoms with van der Waals surface area (Å²) in [6, 6.07) is 1.75. The van der Waals surface area contributed by atoms with Crippen LogP contribution < -0.4 is 5.32 Å². The van der Waals surface area contributed by atoms with Gasteiger partial charge in [0.1, 0.15) is 6.10 Å². The fourth-order valence-corrected chi connectivity index (χ4v) is 3.23. The van der Waals surface area contributed by atoms with Gasteiger partial charge in [0, 0.05) is 7.11 Å². The first-order valence-electron chi connectivity index (χ1n) is 6.72. The van der Waals surface area contributed by atoms with Gasteiger partial charge in [0.25, 0.3) is 0 Å².